The number of nitrogens with zero attached hydrogens (tertiary/aromatic N) is 2. The molecular weight excluding hydrogens is 352 g/mol. The van der Waals surface area contributed by atoms with Crippen LogP contribution in [-0.2, 0) is 6.54 Å². The van der Waals surface area contributed by atoms with Crippen LogP contribution in [0.4, 0.5) is 0 Å². The molecule has 0 atom stereocenters. The molecule has 0 aliphatic heterocycles. The summed E-state index contributed by atoms with van der Waals surface area (Å²) in [4.78, 5) is 15.5. The molecule has 150 valence electrons. The largest absolute Gasteiger partial charge is 0.493 e. The SMILES string of the molecule is Cc1nccn1CCCCCCCCCCOc1ccc2ccc(=O)oc2c1. The first-order valence-electron chi connectivity index (χ1n) is 10.4. The predicted molar refractivity (Wildman–Crippen MR) is 112 cm³/mol. The van der Waals surface area contributed by atoms with Gasteiger partial charge in [-0.1, -0.05) is 38.5 Å². The van der Waals surface area contributed by atoms with Gasteiger partial charge in [0.2, 0.25) is 0 Å². The highest BCUT2D eigenvalue weighted by Crippen LogP contribution is 2.20. The maximum Gasteiger partial charge on any atom is 0.336 e. The van der Waals surface area contributed by atoms with Gasteiger partial charge >= 0.3 is 5.63 Å². The maximum absolute atomic E-state index is 11.3. The Hall–Kier alpha value is -2.56. The third kappa shape index (κ3) is 6.25. The molecular formula is C23H30N2O3. The van der Waals surface area contributed by atoms with Gasteiger partial charge in [0.1, 0.15) is 17.2 Å². The van der Waals surface area contributed by atoms with Crippen LogP contribution in [-0.4, -0.2) is 16.2 Å². The van der Waals surface area contributed by atoms with Gasteiger partial charge in [-0.3, -0.25) is 0 Å². The number of aryl methyl sites for hydroxylation is 2. The average Bonchev–Trinajstić information content (AvgIpc) is 3.10. The van der Waals surface area contributed by atoms with Gasteiger partial charge in [-0.15, -0.1) is 0 Å². The molecule has 2 heterocycles. The number of unbranched alkanes of at least 4 members (excludes halogenated alkanes) is 7. The zero-order valence-electron chi connectivity index (χ0n) is 16.7. The molecule has 1 aromatic carbocycles. The molecule has 0 aliphatic rings. The summed E-state index contributed by atoms with van der Waals surface area (Å²) < 4.78 is 13.2. The molecule has 0 aliphatic carbocycles. The first-order chi connectivity index (χ1) is 13.7. The van der Waals surface area contributed by atoms with Crippen LogP contribution in [0.5, 0.6) is 5.75 Å². The van der Waals surface area contributed by atoms with E-state index >= 15 is 0 Å². The van der Waals surface area contributed by atoms with Crippen molar-refractivity contribution in [3.05, 3.63) is 59.0 Å². The Labute approximate surface area is 166 Å². The van der Waals surface area contributed by atoms with Gasteiger partial charge in [-0.25, -0.2) is 9.78 Å². The van der Waals surface area contributed by atoms with Gasteiger partial charge in [0.15, 0.2) is 0 Å². The van der Waals surface area contributed by atoms with E-state index in [1.54, 1.807) is 12.1 Å². The number of fused-ring (bicyclic) bond motifs is 1. The summed E-state index contributed by atoms with van der Waals surface area (Å²) in [6, 6.07) is 8.84. The molecule has 5 heteroatoms. The lowest BCUT2D eigenvalue weighted by Gasteiger charge is -2.07. The summed E-state index contributed by atoms with van der Waals surface area (Å²) in [5.41, 5.74) is 0.245. The van der Waals surface area contributed by atoms with E-state index < -0.39 is 0 Å². The monoisotopic (exact) mass is 382 g/mol. The molecule has 0 fully saturated rings. The second-order valence-electron chi connectivity index (χ2n) is 7.30. The smallest absolute Gasteiger partial charge is 0.336 e. The molecule has 0 amide bonds. The second-order valence-corrected chi connectivity index (χ2v) is 7.30. The zero-order chi connectivity index (χ0) is 19.6. The van der Waals surface area contributed by atoms with Crippen LogP contribution >= 0.6 is 0 Å². The van der Waals surface area contributed by atoms with Gasteiger partial charge in [-0.05, 0) is 38.0 Å². The van der Waals surface area contributed by atoms with Crippen molar-refractivity contribution in [1.82, 2.24) is 9.55 Å². The Morgan fingerprint density at radius 3 is 2.43 bits per heavy atom. The van der Waals surface area contributed by atoms with Crippen LogP contribution in [0, 0.1) is 6.92 Å². The maximum atomic E-state index is 11.3. The van der Waals surface area contributed by atoms with E-state index in [9.17, 15) is 4.79 Å². The Morgan fingerprint density at radius 1 is 0.964 bits per heavy atom. The molecule has 0 unspecified atom stereocenters. The number of benzene rings is 1. The highest BCUT2D eigenvalue weighted by atomic mass is 16.5. The van der Waals surface area contributed by atoms with Crippen LogP contribution in [0.3, 0.4) is 0 Å². The standard InChI is InChI=1S/C23H30N2O3/c1-19-24-14-16-25(19)15-8-6-4-2-3-5-7-9-17-27-21-12-10-20-11-13-23(26)28-22(20)18-21/h10-14,16,18H,2-9,15,17H2,1H3. The minimum Gasteiger partial charge on any atom is -0.493 e. The second kappa shape index (κ2) is 10.7. The molecule has 3 aromatic rings. The Balaban J connectivity index is 1.20. The molecule has 0 N–H and O–H groups in total. The number of hydrogen-bond donors (Lipinski definition) is 0. The van der Waals surface area contributed by atoms with Crippen molar-refractivity contribution in [3.63, 3.8) is 0 Å². The van der Waals surface area contributed by atoms with Gasteiger partial charge < -0.3 is 13.7 Å². The molecule has 5 nitrogen and oxygen atoms in total. The fourth-order valence-corrected chi connectivity index (χ4v) is 3.41. The first kappa shape index (κ1) is 20.2. The topological polar surface area (TPSA) is 57.3 Å². The van der Waals surface area contributed by atoms with Gasteiger partial charge in [-0.2, -0.15) is 0 Å². The fraction of sp³-hybridized carbons (Fsp3) is 0.478. The van der Waals surface area contributed by atoms with Crippen LogP contribution in [0.25, 0.3) is 11.0 Å². The highest BCUT2D eigenvalue weighted by molar-refractivity contribution is 5.77. The van der Waals surface area contributed by atoms with Crippen LogP contribution in [0.1, 0.15) is 57.2 Å². The highest BCUT2D eigenvalue weighted by Gasteiger charge is 2.01. The Bertz CT molecular complexity index is 913. The van der Waals surface area contributed by atoms with Crippen LogP contribution in [0.15, 0.2) is 51.9 Å². The van der Waals surface area contributed by atoms with E-state index in [0.29, 0.717) is 12.2 Å². The third-order valence-electron chi connectivity index (χ3n) is 5.08. The number of aromatic nitrogens is 2. The van der Waals surface area contributed by atoms with E-state index in [-0.39, 0.29) is 5.63 Å². The third-order valence-corrected chi connectivity index (χ3v) is 5.08. The molecule has 0 spiro atoms. The lowest BCUT2D eigenvalue weighted by atomic mass is 10.1. The van der Waals surface area contributed by atoms with Crippen molar-refractivity contribution in [2.24, 2.45) is 0 Å². The van der Waals surface area contributed by atoms with Crippen molar-refractivity contribution >= 4 is 11.0 Å². The van der Waals surface area contributed by atoms with Gasteiger partial charge in [0.25, 0.3) is 0 Å². The number of ether oxygens (including phenoxy) is 1. The molecule has 2 aromatic heterocycles. The lowest BCUT2D eigenvalue weighted by Crippen LogP contribution is -1.99. The quantitative estimate of drug-likeness (QED) is 0.307. The molecule has 0 saturated heterocycles. The normalized spacial score (nSPS) is 11.2. The Morgan fingerprint density at radius 2 is 1.68 bits per heavy atom. The summed E-state index contributed by atoms with van der Waals surface area (Å²) in [6.45, 7) is 3.84. The van der Waals surface area contributed by atoms with Crippen molar-refractivity contribution in [2.75, 3.05) is 6.61 Å². The van der Waals surface area contributed by atoms with E-state index in [4.69, 9.17) is 9.15 Å². The predicted octanol–water partition coefficient (Wildman–Crippen LogP) is 5.50. The van der Waals surface area contributed by atoms with E-state index in [2.05, 4.69) is 22.7 Å². The molecule has 28 heavy (non-hydrogen) atoms. The minimum atomic E-state index is -0.332. The average molecular weight is 383 g/mol. The van der Waals surface area contributed by atoms with Gasteiger partial charge in [0, 0.05) is 36.5 Å². The number of imidazole rings is 1. The zero-order valence-corrected chi connectivity index (χ0v) is 16.7. The number of hydrogen-bond acceptors (Lipinski definition) is 4. The summed E-state index contributed by atoms with van der Waals surface area (Å²) in [6.07, 6.45) is 13.9. The molecule has 3 rings (SSSR count). The van der Waals surface area contributed by atoms with Gasteiger partial charge in [0.05, 0.1) is 6.61 Å². The number of rotatable bonds is 12. The minimum absolute atomic E-state index is 0.332. The molecule has 0 saturated carbocycles. The molecule has 0 radical (unpaired) electrons. The summed E-state index contributed by atoms with van der Waals surface area (Å²) in [7, 11) is 0. The van der Waals surface area contributed by atoms with E-state index in [1.165, 1.54) is 51.0 Å². The van der Waals surface area contributed by atoms with Crippen LogP contribution in [0.2, 0.25) is 0 Å². The lowest BCUT2D eigenvalue weighted by molar-refractivity contribution is 0.304. The summed E-state index contributed by atoms with van der Waals surface area (Å²) >= 11 is 0. The van der Waals surface area contributed by atoms with Crippen molar-refractivity contribution in [1.29, 1.82) is 0 Å². The summed E-state index contributed by atoms with van der Waals surface area (Å²) in [5, 5.41) is 0.909. The van der Waals surface area contributed by atoms with Crippen LogP contribution < -0.4 is 10.4 Å². The first-order valence-corrected chi connectivity index (χ1v) is 10.4. The van der Waals surface area contributed by atoms with E-state index in [1.807, 2.05) is 18.3 Å². The molecule has 0 bridgehead atoms. The van der Waals surface area contributed by atoms with Crippen molar-refractivity contribution in [2.45, 2.75) is 64.8 Å². The van der Waals surface area contributed by atoms with Crippen molar-refractivity contribution in [3.8, 4) is 5.75 Å². The fourth-order valence-electron chi connectivity index (χ4n) is 3.41. The summed E-state index contributed by atoms with van der Waals surface area (Å²) in [5.74, 6) is 1.87. The van der Waals surface area contributed by atoms with Crippen molar-refractivity contribution < 1.29 is 9.15 Å². The van der Waals surface area contributed by atoms with E-state index in [0.717, 1.165) is 29.9 Å². The Kier molecular flexibility index (Phi) is 7.71.